The molecule has 0 aromatic heterocycles. The largest absolute Gasteiger partial charge is 0.456 e. The van der Waals surface area contributed by atoms with E-state index < -0.39 is 21.8 Å². The third kappa shape index (κ3) is 3.29. The van der Waals surface area contributed by atoms with E-state index in [0.29, 0.717) is 0 Å². The standard InChI is InChI=1S/C10H16N2O4S/c1-7-8(9(13)16-10(2,3)4)6-12(5)17(14,15)11-7/h6H,1-5H3. The van der Waals surface area contributed by atoms with Crippen LogP contribution in [0, 0.1) is 0 Å². The van der Waals surface area contributed by atoms with Crippen molar-refractivity contribution in [1.82, 2.24) is 4.31 Å². The molecular formula is C10H16N2O4S. The molecule has 0 saturated carbocycles. The summed E-state index contributed by atoms with van der Waals surface area (Å²) in [6.07, 6.45) is 1.21. The first-order chi connectivity index (χ1) is 7.53. The molecule has 0 aliphatic carbocycles. The van der Waals surface area contributed by atoms with Crippen molar-refractivity contribution in [2.75, 3.05) is 7.05 Å². The van der Waals surface area contributed by atoms with Gasteiger partial charge in [-0.05, 0) is 27.7 Å². The van der Waals surface area contributed by atoms with Crippen molar-refractivity contribution in [1.29, 1.82) is 0 Å². The molecule has 96 valence electrons. The van der Waals surface area contributed by atoms with Crippen molar-refractivity contribution in [2.45, 2.75) is 33.3 Å². The van der Waals surface area contributed by atoms with Crippen molar-refractivity contribution in [3.05, 3.63) is 11.8 Å². The van der Waals surface area contributed by atoms with Gasteiger partial charge in [0.25, 0.3) is 0 Å². The fourth-order valence-electron chi connectivity index (χ4n) is 1.16. The molecule has 6 nitrogen and oxygen atoms in total. The lowest BCUT2D eigenvalue weighted by molar-refractivity contribution is -0.149. The average Bonchev–Trinajstić information content (AvgIpc) is 2.07. The van der Waals surface area contributed by atoms with E-state index in [2.05, 4.69) is 4.40 Å². The first kappa shape index (κ1) is 13.7. The summed E-state index contributed by atoms with van der Waals surface area (Å²) in [7, 11) is -2.37. The molecule has 0 fully saturated rings. The Hall–Kier alpha value is -1.37. The van der Waals surface area contributed by atoms with Gasteiger partial charge >= 0.3 is 16.2 Å². The summed E-state index contributed by atoms with van der Waals surface area (Å²) in [5.74, 6) is -0.583. The predicted octanol–water partition coefficient (Wildman–Crippen LogP) is 0.863. The van der Waals surface area contributed by atoms with Crippen LogP contribution in [0.25, 0.3) is 0 Å². The van der Waals surface area contributed by atoms with Crippen molar-refractivity contribution >= 4 is 21.9 Å². The summed E-state index contributed by atoms with van der Waals surface area (Å²) in [5, 5.41) is 0. The van der Waals surface area contributed by atoms with E-state index in [9.17, 15) is 13.2 Å². The van der Waals surface area contributed by atoms with Crippen molar-refractivity contribution in [2.24, 2.45) is 4.40 Å². The second-order valence-corrected chi connectivity index (χ2v) is 6.37. The average molecular weight is 260 g/mol. The third-order valence-corrected chi connectivity index (χ3v) is 3.27. The van der Waals surface area contributed by atoms with Gasteiger partial charge in [-0.15, -0.1) is 4.40 Å². The monoisotopic (exact) mass is 260 g/mol. The Morgan fingerprint density at radius 1 is 1.41 bits per heavy atom. The van der Waals surface area contributed by atoms with Gasteiger partial charge in [-0.1, -0.05) is 0 Å². The molecule has 1 heterocycles. The molecule has 0 atom stereocenters. The number of nitrogens with zero attached hydrogens (tertiary/aromatic N) is 2. The molecule has 0 unspecified atom stereocenters. The van der Waals surface area contributed by atoms with Gasteiger partial charge in [0.2, 0.25) is 0 Å². The summed E-state index contributed by atoms with van der Waals surface area (Å²) < 4.78 is 32.3. The minimum absolute atomic E-state index is 0.136. The third-order valence-electron chi connectivity index (χ3n) is 1.94. The van der Waals surface area contributed by atoms with Gasteiger partial charge in [0, 0.05) is 13.2 Å². The number of carbonyl (C=O) groups excluding carboxylic acids is 1. The summed E-state index contributed by atoms with van der Waals surface area (Å²) in [6.45, 7) is 6.67. The molecule has 0 N–H and O–H groups in total. The zero-order valence-electron chi connectivity index (χ0n) is 10.5. The zero-order chi connectivity index (χ0) is 13.4. The fraction of sp³-hybridized carbons (Fsp3) is 0.600. The van der Waals surface area contributed by atoms with Crippen molar-refractivity contribution < 1.29 is 17.9 Å². The molecular weight excluding hydrogens is 244 g/mol. The molecule has 0 aromatic carbocycles. The molecule has 0 bridgehead atoms. The number of ether oxygens (including phenoxy) is 1. The summed E-state index contributed by atoms with van der Waals surface area (Å²) in [6, 6.07) is 0. The molecule has 0 spiro atoms. The maximum Gasteiger partial charge on any atom is 0.344 e. The van der Waals surface area contributed by atoms with Gasteiger partial charge in [0.15, 0.2) is 0 Å². The van der Waals surface area contributed by atoms with Crippen LogP contribution in [0.4, 0.5) is 0 Å². The smallest absolute Gasteiger partial charge is 0.344 e. The maximum absolute atomic E-state index is 11.8. The van der Waals surface area contributed by atoms with Crippen molar-refractivity contribution in [3.8, 4) is 0 Å². The highest BCUT2D eigenvalue weighted by atomic mass is 32.2. The van der Waals surface area contributed by atoms with Crippen LogP contribution >= 0.6 is 0 Å². The summed E-state index contributed by atoms with van der Waals surface area (Å²) >= 11 is 0. The fourth-order valence-corrected chi connectivity index (χ4v) is 1.97. The van der Waals surface area contributed by atoms with Crippen LogP contribution in [0.3, 0.4) is 0 Å². The SMILES string of the molecule is CC1=NS(=O)(=O)N(C)C=C1C(=O)OC(C)(C)C. The van der Waals surface area contributed by atoms with E-state index in [4.69, 9.17) is 4.74 Å². The molecule has 17 heavy (non-hydrogen) atoms. The van der Waals surface area contributed by atoms with Crippen LogP contribution in [0.2, 0.25) is 0 Å². The lowest BCUT2D eigenvalue weighted by atomic mass is 10.1. The van der Waals surface area contributed by atoms with Gasteiger partial charge < -0.3 is 4.74 Å². The van der Waals surface area contributed by atoms with E-state index in [1.807, 2.05) is 0 Å². The van der Waals surface area contributed by atoms with E-state index in [-0.39, 0.29) is 11.3 Å². The second kappa shape index (κ2) is 4.14. The van der Waals surface area contributed by atoms with Crippen LogP contribution in [-0.2, 0) is 19.7 Å². The Morgan fingerprint density at radius 2 is 1.94 bits per heavy atom. The number of esters is 1. The Kier molecular flexibility index (Phi) is 3.33. The molecule has 0 amide bonds. The Morgan fingerprint density at radius 3 is 2.41 bits per heavy atom. The minimum Gasteiger partial charge on any atom is -0.456 e. The van der Waals surface area contributed by atoms with Crippen molar-refractivity contribution in [3.63, 3.8) is 0 Å². The minimum atomic E-state index is -3.68. The number of hydrogen-bond acceptors (Lipinski definition) is 4. The predicted molar refractivity (Wildman–Crippen MR) is 63.7 cm³/mol. The van der Waals surface area contributed by atoms with Gasteiger partial charge in [-0.3, -0.25) is 4.31 Å². The van der Waals surface area contributed by atoms with Gasteiger partial charge in [0.1, 0.15) is 5.60 Å². The summed E-state index contributed by atoms with van der Waals surface area (Å²) in [4.78, 5) is 11.8. The van der Waals surface area contributed by atoms with E-state index >= 15 is 0 Å². The molecule has 1 rings (SSSR count). The van der Waals surface area contributed by atoms with Crippen LogP contribution in [0.1, 0.15) is 27.7 Å². The Balaban J connectivity index is 3.02. The first-order valence-corrected chi connectivity index (χ1v) is 6.43. The quantitative estimate of drug-likeness (QED) is 0.655. The molecule has 0 aromatic rings. The highest BCUT2D eigenvalue weighted by Gasteiger charge is 2.28. The number of hydrogen-bond donors (Lipinski definition) is 0. The van der Waals surface area contributed by atoms with Crippen LogP contribution < -0.4 is 0 Å². The number of carbonyl (C=O) groups is 1. The normalized spacial score (nSPS) is 19.5. The zero-order valence-corrected chi connectivity index (χ0v) is 11.3. The molecule has 0 saturated heterocycles. The second-order valence-electron chi connectivity index (χ2n) is 4.72. The lowest BCUT2D eigenvalue weighted by Crippen LogP contribution is -2.32. The Bertz CT molecular complexity index is 497. The van der Waals surface area contributed by atoms with Crippen LogP contribution in [-0.4, -0.2) is 37.1 Å². The van der Waals surface area contributed by atoms with Gasteiger partial charge in [-0.25, -0.2) is 4.79 Å². The van der Waals surface area contributed by atoms with Gasteiger partial charge in [-0.2, -0.15) is 8.42 Å². The topological polar surface area (TPSA) is 76.0 Å². The lowest BCUT2D eigenvalue weighted by Gasteiger charge is -2.23. The highest BCUT2D eigenvalue weighted by Crippen LogP contribution is 2.18. The first-order valence-electron chi connectivity index (χ1n) is 5.03. The van der Waals surface area contributed by atoms with E-state index in [1.54, 1.807) is 20.8 Å². The van der Waals surface area contributed by atoms with E-state index in [1.165, 1.54) is 20.2 Å². The van der Waals surface area contributed by atoms with Crippen LogP contribution in [0.5, 0.6) is 0 Å². The van der Waals surface area contributed by atoms with Crippen LogP contribution in [0.15, 0.2) is 16.2 Å². The van der Waals surface area contributed by atoms with E-state index in [0.717, 1.165) is 4.31 Å². The van der Waals surface area contributed by atoms with Gasteiger partial charge in [0.05, 0.1) is 11.3 Å². The maximum atomic E-state index is 11.8. The molecule has 1 aliphatic rings. The molecule has 1 aliphatic heterocycles. The summed E-state index contributed by atoms with van der Waals surface area (Å²) in [5.41, 5.74) is -0.345. The number of rotatable bonds is 1. The molecule has 7 heteroatoms. The molecule has 0 radical (unpaired) electrons. The Labute approximate surface area is 101 Å². The highest BCUT2D eigenvalue weighted by molar-refractivity contribution is 7.88.